The minimum absolute atomic E-state index is 0.0190. The van der Waals surface area contributed by atoms with E-state index in [0.717, 1.165) is 5.56 Å². The maximum absolute atomic E-state index is 13.1. The molecule has 1 amide bonds. The summed E-state index contributed by atoms with van der Waals surface area (Å²) in [5, 5.41) is 2.84. The summed E-state index contributed by atoms with van der Waals surface area (Å²) < 4.78 is 32.6. The van der Waals surface area contributed by atoms with Gasteiger partial charge in [-0.25, -0.2) is 8.42 Å². The number of ketones is 1. The van der Waals surface area contributed by atoms with Crippen molar-refractivity contribution < 1.29 is 22.7 Å². The first-order chi connectivity index (χ1) is 17.5. The molecule has 1 aliphatic rings. The lowest BCUT2D eigenvalue weighted by atomic mass is 9.86. The zero-order chi connectivity index (χ0) is 26.8. The third kappa shape index (κ3) is 6.10. The lowest BCUT2D eigenvalue weighted by Crippen LogP contribution is -2.40. The molecule has 3 aromatic carbocycles. The summed E-state index contributed by atoms with van der Waals surface area (Å²) >= 11 is 6.26. The van der Waals surface area contributed by atoms with E-state index in [-0.39, 0.29) is 39.8 Å². The average Bonchev–Trinajstić information content (AvgIpc) is 2.88. The molecule has 0 spiro atoms. The van der Waals surface area contributed by atoms with Crippen molar-refractivity contribution in [3.05, 3.63) is 94.0 Å². The Morgan fingerprint density at radius 3 is 2.24 bits per heavy atom. The number of sulfonamides is 1. The van der Waals surface area contributed by atoms with Gasteiger partial charge in [-0.15, -0.1) is 0 Å². The maximum Gasteiger partial charge on any atom is 0.257 e. The molecular formula is C28H29ClN2O5S. The number of ether oxygens (including phenoxy) is 1. The predicted molar refractivity (Wildman–Crippen MR) is 144 cm³/mol. The molecule has 0 saturated carbocycles. The molecule has 4 rings (SSSR count). The molecular weight excluding hydrogens is 512 g/mol. The highest BCUT2D eigenvalue weighted by molar-refractivity contribution is 7.89. The van der Waals surface area contributed by atoms with Crippen LogP contribution in [0, 0.1) is 0 Å². The van der Waals surface area contributed by atoms with Gasteiger partial charge in [-0.2, -0.15) is 4.31 Å². The summed E-state index contributed by atoms with van der Waals surface area (Å²) in [7, 11) is -3.80. The van der Waals surface area contributed by atoms with Gasteiger partial charge in [0.2, 0.25) is 10.0 Å². The largest absolute Gasteiger partial charge is 0.379 e. The summed E-state index contributed by atoms with van der Waals surface area (Å²) in [4.78, 5) is 26.1. The Bertz CT molecular complexity index is 1420. The number of benzene rings is 3. The summed E-state index contributed by atoms with van der Waals surface area (Å²) in [6.07, 6.45) is 0. The number of carbonyl (C=O) groups is 2. The van der Waals surface area contributed by atoms with Crippen molar-refractivity contribution in [2.24, 2.45) is 0 Å². The van der Waals surface area contributed by atoms with E-state index in [9.17, 15) is 18.0 Å². The van der Waals surface area contributed by atoms with E-state index in [1.54, 1.807) is 36.4 Å². The molecule has 3 aromatic rings. The first-order valence-corrected chi connectivity index (χ1v) is 13.7. The quantitative estimate of drug-likeness (QED) is 0.437. The van der Waals surface area contributed by atoms with Gasteiger partial charge in [-0.1, -0.05) is 68.8 Å². The summed E-state index contributed by atoms with van der Waals surface area (Å²) in [6.45, 7) is 7.44. The summed E-state index contributed by atoms with van der Waals surface area (Å²) in [5.41, 5.74) is 2.47. The molecule has 1 fully saturated rings. The Kier molecular flexibility index (Phi) is 7.85. The second-order valence-corrected chi connectivity index (χ2v) is 12.2. The smallest absolute Gasteiger partial charge is 0.257 e. The fourth-order valence-electron chi connectivity index (χ4n) is 4.00. The SMILES string of the molecule is CC(C)(C)c1ccc(C(=O)c2cccc(NC(=O)c3cc(S(=O)(=O)N4CCOCC4)ccc3Cl)c2)cc1. The first kappa shape index (κ1) is 27.0. The Morgan fingerprint density at radius 1 is 0.919 bits per heavy atom. The highest BCUT2D eigenvalue weighted by Crippen LogP contribution is 2.26. The van der Waals surface area contributed by atoms with E-state index in [1.165, 1.54) is 22.5 Å². The number of carbonyl (C=O) groups excluding carboxylic acids is 2. The molecule has 9 heteroatoms. The minimum atomic E-state index is -3.80. The minimum Gasteiger partial charge on any atom is -0.379 e. The van der Waals surface area contributed by atoms with E-state index in [0.29, 0.717) is 30.0 Å². The number of hydrogen-bond donors (Lipinski definition) is 1. The second-order valence-electron chi connectivity index (χ2n) is 9.85. The zero-order valence-electron chi connectivity index (χ0n) is 21.0. The van der Waals surface area contributed by atoms with Gasteiger partial charge >= 0.3 is 0 Å². The number of morpholine rings is 1. The Morgan fingerprint density at radius 2 is 1.59 bits per heavy atom. The zero-order valence-corrected chi connectivity index (χ0v) is 22.5. The van der Waals surface area contributed by atoms with Gasteiger partial charge in [-0.3, -0.25) is 9.59 Å². The van der Waals surface area contributed by atoms with Crippen LogP contribution in [0.5, 0.6) is 0 Å². The van der Waals surface area contributed by atoms with Crippen LogP contribution in [0.2, 0.25) is 5.02 Å². The molecule has 1 aliphatic heterocycles. The van der Waals surface area contributed by atoms with Crippen LogP contribution in [-0.4, -0.2) is 50.7 Å². The van der Waals surface area contributed by atoms with Crippen LogP contribution in [0.15, 0.2) is 71.6 Å². The maximum atomic E-state index is 13.1. The topological polar surface area (TPSA) is 92.8 Å². The van der Waals surface area contributed by atoms with Crippen molar-refractivity contribution >= 4 is 39.0 Å². The van der Waals surface area contributed by atoms with Crippen molar-refractivity contribution in [1.82, 2.24) is 4.31 Å². The monoisotopic (exact) mass is 540 g/mol. The molecule has 1 heterocycles. The fraction of sp³-hybridized carbons (Fsp3) is 0.286. The number of nitrogens with one attached hydrogen (secondary N) is 1. The Hall–Kier alpha value is -3.04. The number of hydrogen-bond acceptors (Lipinski definition) is 5. The predicted octanol–water partition coefficient (Wildman–Crippen LogP) is 5.14. The molecule has 37 heavy (non-hydrogen) atoms. The lowest BCUT2D eigenvalue weighted by molar-refractivity contribution is 0.0730. The van der Waals surface area contributed by atoms with Gasteiger partial charge in [0.15, 0.2) is 5.78 Å². The number of halogens is 1. The van der Waals surface area contributed by atoms with Crippen molar-refractivity contribution in [2.45, 2.75) is 31.1 Å². The molecule has 194 valence electrons. The van der Waals surface area contributed by atoms with Crippen molar-refractivity contribution in [1.29, 1.82) is 0 Å². The molecule has 0 aliphatic carbocycles. The fourth-order valence-corrected chi connectivity index (χ4v) is 5.64. The number of anilines is 1. The van der Waals surface area contributed by atoms with Crippen LogP contribution in [0.4, 0.5) is 5.69 Å². The molecule has 0 unspecified atom stereocenters. The van der Waals surface area contributed by atoms with Gasteiger partial charge in [0.1, 0.15) is 0 Å². The molecule has 0 bridgehead atoms. The van der Waals surface area contributed by atoms with Crippen LogP contribution >= 0.6 is 11.6 Å². The molecule has 0 aromatic heterocycles. The number of amides is 1. The summed E-state index contributed by atoms with van der Waals surface area (Å²) in [5.74, 6) is -0.753. The molecule has 1 saturated heterocycles. The van der Waals surface area contributed by atoms with Crippen LogP contribution in [0.3, 0.4) is 0 Å². The van der Waals surface area contributed by atoms with E-state index in [4.69, 9.17) is 16.3 Å². The van der Waals surface area contributed by atoms with Gasteiger partial charge in [0.05, 0.1) is 28.7 Å². The van der Waals surface area contributed by atoms with Crippen LogP contribution in [0.1, 0.15) is 52.6 Å². The number of rotatable bonds is 6. The third-order valence-corrected chi connectivity index (χ3v) is 8.41. The Labute approximate surface area is 222 Å². The number of nitrogens with zero attached hydrogens (tertiary/aromatic N) is 1. The van der Waals surface area contributed by atoms with Crippen LogP contribution in [0.25, 0.3) is 0 Å². The van der Waals surface area contributed by atoms with E-state index in [2.05, 4.69) is 26.1 Å². The highest BCUT2D eigenvalue weighted by Gasteiger charge is 2.27. The Balaban J connectivity index is 1.54. The second kappa shape index (κ2) is 10.8. The van der Waals surface area contributed by atoms with Crippen molar-refractivity contribution in [2.75, 3.05) is 31.6 Å². The average molecular weight is 541 g/mol. The van der Waals surface area contributed by atoms with Gasteiger partial charge < -0.3 is 10.1 Å². The lowest BCUT2D eigenvalue weighted by Gasteiger charge is -2.26. The molecule has 0 atom stereocenters. The van der Waals surface area contributed by atoms with E-state index < -0.39 is 15.9 Å². The van der Waals surface area contributed by atoms with Crippen LogP contribution in [-0.2, 0) is 20.2 Å². The van der Waals surface area contributed by atoms with Crippen molar-refractivity contribution in [3.8, 4) is 0 Å². The normalized spacial score (nSPS) is 14.8. The molecule has 1 N–H and O–H groups in total. The van der Waals surface area contributed by atoms with Gasteiger partial charge in [0, 0.05) is 29.9 Å². The standard InChI is InChI=1S/C28H29ClN2O5S/c1-28(2,3)21-9-7-19(8-10-21)26(32)20-5-4-6-22(17-20)30-27(33)24-18-23(11-12-25(24)29)37(34,35)31-13-15-36-16-14-31/h4-12,17-18H,13-16H2,1-3H3,(H,30,33). The molecule has 7 nitrogen and oxygen atoms in total. The van der Waals surface area contributed by atoms with Crippen LogP contribution < -0.4 is 5.32 Å². The van der Waals surface area contributed by atoms with E-state index in [1.807, 2.05) is 12.1 Å². The highest BCUT2D eigenvalue weighted by atomic mass is 35.5. The van der Waals surface area contributed by atoms with Gasteiger partial charge in [-0.05, 0) is 41.3 Å². The molecule has 0 radical (unpaired) electrons. The van der Waals surface area contributed by atoms with E-state index >= 15 is 0 Å². The first-order valence-electron chi connectivity index (χ1n) is 11.9. The summed E-state index contributed by atoms with van der Waals surface area (Å²) in [6, 6.07) is 18.1. The third-order valence-electron chi connectivity index (χ3n) is 6.19. The van der Waals surface area contributed by atoms with Crippen molar-refractivity contribution in [3.63, 3.8) is 0 Å². The van der Waals surface area contributed by atoms with Gasteiger partial charge in [0.25, 0.3) is 5.91 Å².